The Hall–Kier alpha value is -2.27. The second kappa shape index (κ2) is 5.38. The van der Waals surface area contributed by atoms with Gasteiger partial charge in [-0.25, -0.2) is 4.79 Å². The molecule has 2 aromatic heterocycles. The Kier molecular flexibility index (Phi) is 3.43. The molecule has 0 bridgehead atoms. The summed E-state index contributed by atoms with van der Waals surface area (Å²) in [5.41, 5.74) is 1.47. The average Bonchev–Trinajstić information content (AvgIpc) is 3.03. The van der Waals surface area contributed by atoms with Crippen LogP contribution in [0, 0.1) is 0 Å². The maximum atomic E-state index is 11.8. The normalized spacial score (nSPS) is 11.5. The van der Waals surface area contributed by atoms with E-state index >= 15 is 0 Å². The van der Waals surface area contributed by atoms with Gasteiger partial charge in [0.25, 0.3) is 0 Å². The number of oxazole rings is 1. The summed E-state index contributed by atoms with van der Waals surface area (Å²) in [6.45, 7) is 2.05. The van der Waals surface area contributed by atoms with Gasteiger partial charge < -0.3 is 8.83 Å². The molecule has 0 N–H and O–H groups in total. The lowest BCUT2D eigenvalue weighted by molar-refractivity contribution is 0.281. The summed E-state index contributed by atoms with van der Waals surface area (Å²) in [5, 5.41) is 0. The summed E-state index contributed by atoms with van der Waals surface area (Å²) in [5.74, 6) is 0.606. The smallest absolute Gasteiger partial charge is 0.419 e. The Labute approximate surface area is 116 Å². The highest BCUT2D eigenvalue weighted by Gasteiger charge is 2.09. The van der Waals surface area contributed by atoms with Gasteiger partial charge in [-0.2, -0.15) is 0 Å². The van der Waals surface area contributed by atoms with Gasteiger partial charge in [0.1, 0.15) is 5.76 Å². The van der Waals surface area contributed by atoms with E-state index in [9.17, 15) is 4.79 Å². The topological polar surface area (TPSA) is 51.5 Å². The molecule has 0 saturated carbocycles. The quantitative estimate of drug-likeness (QED) is 0.715. The van der Waals surface area contributed by atoms with Crippen LogP contribution in [0.15, 0.2) is 56.3 Å². The van der Waals surface area contributed by atoms with Crippen LogP contribution in [0.4, 0.5) is 0 Å². The molecule has 0 atom stereocenters. The lowest BCUT2D eigenvalue weighted by atomic mass is 10.3. The first-order valence-electron chi connectivity index (χ1n) is 6.53. The minimum atomic E-state index is -0.308. The molecule has 0 aliphatic rings. The molecule has 0 aliphatic heterocycles. The number of rotatable bonds is 5. The fourth-order valence-electron chi connectivity index (χ4n) is 2.24. The Morgan fingerprint density at radius 2 is 2.05 bits per heavy atom. The lowest BCUT2D eigenvalue weighted by Crippen LogP contribution is -2.26. The van der Waals surface area contributed by atoms with E-state index in [0.717, 1.165) is 24.4 Å². The standard InChI is InChI=1S/C15H16N2O3/c1-16(11-12-5-4-10-19-12)8-9-17-13-6-2-3-7-14(13)20-15(17)18/h2-7,10H,8-9,11H2,1H3. The zero-order chi connectivity index (χ0) is 13.9. The van der Waals surface area contributed by atoms with Crippen molar-refractivity contribution in [2.24, 2.45) is 0 Å². The molecule has 3 aromatic rings. The van der Waals surface area contributed by atoms with Gasteiger partial charge in [-0.15, -0.1) is 0 Å². The molecule has 5 heteroatoms. The fourth-order valence-corrected chi connectivity index (χ4v) is 2.24. The monoisotopic (exact) mass is 272 g/mol. The second-order valence-electron chi connectivity index (χ2n) is 4.80. The van der Waals surface area contributed by atoms with Crippen molar-refractivity contribution < 1.29 is 8.83 Å². The number of hydrogen-bond donors (Lipinski definition) is 0. The van der Waals surface area contributed by atoms with Crippen molar-refractivity contribution >= 4 is 11.1 Å². The molecule has 5 nitrogen and oxygen atoms in total. The van der Waals surface area contributed by atoms with E-state index in [-0.39, 0.29) is 5.76 Å². The Morgan fingerprint density at radius 1 is 1.20 bits per heavy atom. The summed E-state index contributed by atoms with van der Waals surface area (Å²) in [7, 11) is 2.00. The van der Waals surface area contributed by atoms with Crippen molar-refractivity contribution in [2.75, 3.05) is 13.6 Å². The number of fused-ring (bicyclic) bond motifs is 1. The van der Waals surface area contributed by atoms with Gasteiger partial charge in [0.05, 0.1) is 18.3 Å². The number of aromatic nitrogens is 1. The maximum Gasteiger partial charge on any atom is 0.419 e. The highest BCUT2D eigenvalue weighted by atomic mass is 16.4. The van der Waals surface area contributed by atoms with Crippen LogP contribution in [-0.2, 0) is 13.1 Å². The number of hydrogen-bond acceptors (Lipinski definition) is 4. The molecule has 104 valence electrons. The molecule has 1 aromatic carbocycles. The molecule has 0 spiro atoms. The summed E-state index contributed by atoms with van der Waals surface area (Å²) in [4.78, 5) is 13.9. The zero-order valence-electron chi connectivity index (χ0n) is 11.3. The number of para-hydroxylation sites is 2. The summed E-state index contributed by atoms with van der Waals surface area (Å²) < 4.78 is 12.2. The van der Waals surface area contributed by atoms with Crippen molar-refractivity contribution in [3.05, 3.63) is 59.0 Å². The van der Waals surface area contributed by atoms with Crippen LogP contribution >= 0.6 is 0 Å². The predicted octanol–water partition coefficient (Wildman–Crippen LogP) is 2.32. The second-order valence-corrected chi connectivity index (χ2v) is 4.80. The van der Waals surface area contributed by atoms with Crippen molar-refractivity contribution in [1.82, 2.24) is 9.47 Å². The molecule has 0 amide bonds. The van der Waals surface area contributed by atoms with E-state index in [4.69, 9.17) is 8.83 Å². The van der Waals surface area contributed by atoms with E-state index in [1.165, 1.54) is 0 Å². The van der Waals surface area contributed by atoms with Gasteiger partial charge >= 0.3 is 5.76 Å². The van der Waals surface area contributed by atoms with E-state index in [0.29, 0.717) is 12.1 Å². The van der Waals surface area contributed by atoms with Crippen LogP contribution in [0.3, 0.4) is 0 Å². The van der Waals surface area contributed by atoms with Crippen molar-refractivity contribution in [1.29, 1.82) is 0 Å². The first kappa shape index (κ1) is 12.7. The van der Waals surface area contributed by atoms with Gasteiger partial charge in [0, 0.05) is 13.1 Å². The lowest BCUT2D eigenvalue weighted by Gasteiger charge is -2.14. The Morgan fingerprint density at radius 3 is 2.85 bits per heavy atom. The van der Waals surface area contributed by atoms with Gasteiger partial charge in [0.15, 0.2) is 5.58 Å². The van der Waals surface area contributed by atoms with Crippen LogP contribution in [0.2, 0.25) is 0 Å². The van der Waals surface area contributed by atoms with E-state index in [2.05, 4.69) is 4.90 Å². The van der Waals surface area contributed by atoms with Gasteiger partial charge in [-0.3, -0.25) is 9.47 Å². The van der Waals surface area contributed by atoms with Crippen LogP contribution < -0.4 is 5.76 Å². The van der Waals surface area contributed by atoms with E-state index in [1.54, 1.807) is 16.9 Å². The fraction of sp³-hybridized carbons (Fsp3) is 0.267. The van der Waals surface area contributed by atoms with Gasteiger partial charge in [-0.1, -0.05) is 12.1 Å². The molecule has 3 rings (SSSR count). The Balaban J connectivity index is 1.70. The highest BCUT2D eigenvalue weighted by Crippen LogP contribution is 2.11. The van der Waals surface area contributed by atoms with Crippen LogP contribution in [0.5, 0.6) is 0 Å². The molecule has 0 unspecified atom stereocenters. The van der Waals surface area contributed by atoms with E-state index < -0.39 is 0 Å². The predicted molar refractivity (Wildman–Crippen MR) is 75.5 cm³/mol. The van der Waals surface area contributed by atoms with Crippen LogP contribution in [0.1, 0.15) is 5.76 Å². The minimum Gasteiger partial charge on any atom is -0.468 e. The third kappa shape index (κ3) is 2.53. The van der Waals surface area contributed by atoms with Gasteiger partial charge in [-0.05, 0) is 31.3 Å². The summed E-state index contributed by atoms with van der Waals surface area (Å²) in [6, 6.07) is 11.3. The number of likely N-dealkylation sites (N-methyl/N-ethyl adjacent to an activating group) is 1. The summed E-state index contributed by atoms with van der Waals surface area (Å²) in [6.07, 6.45) is 1.66. The minimum absolute atomic E-state index is 0.308. The first-order valence-corrected chi connectivity index (χ1v) is 6.53. The molecule has 0 saturated heterocycles. The maximum absolute atomic E-state index is 11.8. The number of nitrogens with zero attached hydrogens (tertiary/aromatic N) is 2. The Bertz CT molecular complexity index is 740. The van der Waals surface area contributed by atoms with Crippen LogP contribution in [0.25, 0.3) is 11.1 Å². The SMILES string of the molecule is CN(CCn1c(=O)oc2ccccc21)Cc1ccco1. The highest BCUT2D eigenvalue weighted by molar-refractivity contribution is 5.72. The molecule has 0 fully saturated rings. The molecule has 0 radical (unpaired) electrons. The van der Waals surface area contributed by atoms with Crippen molar-refractivity contribution in [3.8, 4) is 0 Å². The first-order chi connectivity index (χ1) is 9.74. The van der Waals surface area contributed by atoms with Crippen LogP contribution in [-0.4, -0.2) is 23.1 Å². The van der Waals surface area contributed by atoms with Crippen molar-refractivity contribution in [2.45, 2.75) is 13.1 Å². The molecular weight excluding hydrogens is 256 g/mol. The van der Waals surface area contributed by atoms with E-state index in [1.807, 2.05) is 37.4 Å². The summed E-state index contributed by atoms with van der Waals surface area (Å²) >= 11 is 0. The third-order valence-electron chi connectivity index (χ3n) is 3.28. The molecule has 2 heterocycles. The third-order valence-corrected chi connectivity index (χ3v) is 3.28. The zero-order valence-corrected chi connectivity index (χ0v) is 11.3. The average molecular weight is 272 g/mol. The largest absolute Gasteiger partial charge is 0.468 e. The number of furan rings is 1. The molecular formula is C15H16N2O3. The molecule has 0 aliphatic carbocycles. The number of benzene rings is 1. The van der Waals surface area contributed by atoms with Crippen molar-refractivity contribution in [3.63, 3.8) is 0 Å². The molecule has 20 heavy (non-hydrogen) atoms. The van der Waals surface area contributed by atoms with Gasteiger partial charge in [0.2, 0.25) is 0 Å².